The Morgan fingerprint density at radius 2 is 1.26 bits per heavy atom. The molecule has 9 rings (SSSR count). The Hall–Kier alpha value is -5.14. The number of benzene rings is 7. The minimum absolute atomic E-state index is 0.930. The van der Waals surface area contributed by atoms with E-state index < -0.39 is 0 Å². The maximum atomic E-state index is 6.60. The first-order valence-corrected chi connectivity index (χ1v) is 15.3. The summed E-state index contributed by atoms with van der Waals surface area (Å²) in [7, 11) is 0. The lowest BCUT2D eigenvalue weighted by Gasteiger charge is -2.22. The van der Waals surface area contributed by atoms with Gasteiger partial charge in [-0.3, -0.25) is 0 Å². The summed E-state index contributed by atoms with van der Waals surface area (Å²) in [6, 6.07) is 40.1. The van der Waals surface area contributed by atoms with Gasteiger partial charge in [-0.05, 0) is 105 Å². The van der Waals surface area contributed by atoms with Gasteiger partial charge in [0.15, 0.2) is 0 Å². The molecule has 0 atom stereocenters. The SMILES string of the molecule is CC1=C(c2cc(-c3cccc4c3oc3ccccc34)c3ccc4c(-c5ccccc5C)ccc5ccc2c3c54)C=CCC1. The smallest absolute Gasteiger partial charge is 0.143 e. The molecular formula is C42H30O. The number of aryl methyl sites for hydroxylation is 1. The van der Waals surface area contributed by atoms with Crippen LogP contribution in [0.3, 0.4) is 0 Å². The van der Waals surface area contributed by atoms with Crippen LogP contribution in [0.25, 0.3) is 82.1 Å². The molecule has 8 aromatic rings. The lowest BCUT2D eigenvalue weighted by atomic mass is 9.82. The standard InChI is InChI=1S/C42H30O/c1-25-10-3-5-12-28(25)30-20-18-27-19-21-33-37(29-13-6-4-11-26(29)2)24-38(34-23-22-32(30)40(27)41(33)34)36-16-9-15-35-31-14-7-8-17-39(31)43-42(35)36/h3,5-10,12-24H,4,11H2,1-2H3. The predicted molar refractivity (Wildman–Crippen MR) is 184 cm³/mol. The van der Waals surface area contributed by atoms with Crippen LogP contribution in [0.2, 0.25) is 0 Å². The second kappa shape index (κ2) is 9.18. The van der Waals surface area contributed by atoms with Crippen LogP contribution in [-0.2, 0) is 0 Å². The van der Waals surface area contributed by atoms with E-state index in [0.717, 1.165) is 40.3 Å². The highest BCUT2D eigenvalue weighted by Crippen LogP contribution is 2.47. The van der Waals surface area contributed by atoms with E-state index in [2.05, 4.69) is 135 Å². The topological polar surface area (TPSA) is 13.1 Å². The summed E-state index contributed by atoms with van der Waals surface area (Å²) >= 11 is 0. The fourth-order valence-electron chi connectivity index (χ4n) is 7.51. The van der Waals surface area contributed by atoms with Crippen molar-refractivity contribution in [1.29, 1.82) is 0 Å². The number of hydrogen-bond acceptors (Lipinski definition) is 1. The first-order valence-electron chi connectivity index (χ1n) is 15.3. The number of hydrogen-bond donors (Lipinski definition) is 0. The van der Waals surface area contributed by atoms with Gasteiger partial charge in [-0.25, -0.2) is 0 Å². The molecule has 0 fully saturated rings. The van der Waals surface area contributed by atoms with E-state index in [1.807, 2.05) is 0 Å². The van der Waals surface area contributed by atoms with Crippen LogP contribution in [-0.4, -0.2) is 0 Å². The van der Waals surface area contributed by atoms with Gasteiger partial charge in [-0.2, -0.15) is 0 Å². The molecule has 1 heteroatoms. The zero-order valence-electron chi connectivity index (χ0n) is 24.4. The Morgan fingerprint density at radius 3 is 2.14 bits per heavy atom. The monoisotopic (exact) mass is 550 g/mol. The summed E-state index contributed by atoms with van der Waals surface area (Å²) in [6.07, 6.45) is 6.87. The van der Waals surface area contributed by atoms with Crippen molar-refractivity contribution in [2.75, 3.05) is 0 Å². The van der Waals surface area contributed by atoms with Gasteiger partial charge in [0.2, 0.25) is 0 Å². The van der Waals surface area contributed by atoms with Gasteiger partial charge in [0.05, 0.1) is 0 Å². The highest BCUT2D eigenvalue weighted by molar-refractivity contribution is 6.30. The zero-order chi connectivity index (χ0) is 28.7. The Labute approximate surface area is 250 Å². The third-order valence-electron chi connectivity index (χ3n) is 9.63. The molecule has 204 valence electrons. The molecule has 0 saturated heterocycles. The molecule has 0 spiro atoms. The molecule has 43 heavy (non-hydrogen) atoms. The molecule has 0 radical (unpaired) electrons. The van der Waals surface area contributed by atoms with Crippen LogP contribution in [0.1, 0.15) is 30.9 Å². The first-order chi connectivity index (χ1) is 21.2. The Morgan fingerprint density at radius 1 is 0.535 bits per heavy atom. The van der Waals surface area contributed by atoms with Crippen molar-refractivity contribution in [2.45, 2.75) is 26.7 Å². The third-order valence-corrected chi connectivity index (χ3v) is 9.63. The molecule has 1 nitrogen and oxygen atoms in total. The highest BCUT2D eigenvalue weighted by Gasteiger charge is 2.22. The highest BCUT2D eigenvalue weighted by atomic mass is 16.3. The molecule has 0 N–H and O–H groups in total. The summed E-state index contributed by atoms with van der Waals surface area (Å²) in [4.78, 5) is 0. The zero-order valence-corrected chi connectivity index (χ0v) is 24.4. The van der Waals surface area contributed by atoms with E-state index in [9.17, 15) is 0 Å². The molecule has 1 aromatic heterocycles. The van der Waals surface area contributed by atoms with Crippen LogP contribution in [0, 0.1) is 6.92 Å². The number of para-hydroxylation sites is 2. The maximum Gasteiger partial charge on any atom is 0.143 e. The van der Waals surface area contributed by atoms with Gasteiger partial charge in [-0.15, -0.1) is 0 Å². The number of furan rings is 1. The van der Waals surface area contributed by atoms with Crippen molar-refractivity contribution in [3.05, 3.63) is 138 Å². The van der Waals surface area contributed by atoms with Crippen LogP contribution in [0.5, 0.6) is 0 Å². The van der Waals surface area contributed by atoms with Crippen LogP contribution < -0.4 is 0 Å². The van der Waals surface area contributed by atoms with Gasteiger partial charge in [0.1, 0.15) is 11.2 Å². The van der Waals surface area contributed by atoms with Crippen LogP contribution in [0.15, 0.2) is 131 Å². The van der Waals surface area contributed by atoms with Crippen molar-refractivity contribution in [3.8, 4) is 22.3 Å². The average Bonchev–Trinajstić information content (AvgIpc) is 3.43. The third kappa shape index (κ3) is 3.52. The number of allylic oxidation sites excluding steroid dienone is 4. The molecule has 7 aromatic carbocycles. The lowest BCUT2D eigenvalue weighted by molar-refractivity contribution is 0.670. The largest absolute Gasteiger partial charge is 0.455 e. The van der Waals surface area contributed by atoms with E-state index >= 15 is 0 Å². The van der Waals surface area contributed by atoms with Gasteiger partial charge < -0.3 is 4.42 Å². The first kappa shape index (κ1) is 24.5. The molecular weight excluding hydrogens is 520 g/mol. The second-order valence-electron chi connectivity index (χ2n) is 12.1. The molecule has 1 heterocycles. The van der Waals surface area contributed by atoms with Gasteiger partial charge >= 0.3 is 0 Å². The minimum atomic E-state index is 0.930. The van der Waals surface area contributed by atoms with Crippen molar-refractivity contribution in [1.82, 2.24) is 0 Å². The van der Waals surface area contributed by atoms with E-state index in [4.69, 9.17) is 4.42 Å². The van der Waals surface area contributed by atoms with Gasteiger partial charge in [-0.1, -0.05) is 115 Å². The van der Waals surface area contributed by atoms with Crippen molar-refractivity contribution >= 4 is 59.8 Å². The van der Waals surface area contributed by atoms with Gasteiger partial charge in [0.25, 0.3) is 0 Å². The second-order valence-corrected chi connectivity index (χ2v) is 12.1. The van der Waals surface area contributed by atoms with Crippen LogP contribution >= 0.6 is 0 Å². The molecule has 0 unspecified atom stereocenters. The predicted octanol–water partition coefficient (Wildman–Crippen LogP) is 12.2. The van der Waals surface area contributed by atoms with E-state index in [-0.39, 0.29) is 0 Å². The Balaban J connectivity index is 1.46. The van der Waals surface area contributed by atoms with E-state index in [0.29, 0.717) is 0 Å². The summed E-state index contributed by atoms with van der Waals surface area (Å²) in [5.74, 6) is 0. The maximum absolute atomic E-state index is 6.60. The average molecular weight is 551 g/mol. The normalized spacial score (nSPS) is 13.9. The molecule has 0 aliphatic heterocycles. The van der Waals surface area contributed by atoms with E-state index in [1.54, 1.807) is 0 Å². The quantitative estimate of drug-likeness (QED) is 0.199. The van der Waals surface area contributed by atoms with Crippen molar-refractivity contribution in [2.24, 2.45) is 0 Å². The summed E-state index contributed by atoms with van der Waals surface area (Å²) in [5.41, 5.74) is 12.2. The van der Waals surface area contributed by atoms with Gasteiger partial charge in [0, 0.05) is 16.3 Å². The lowest BCUT2D eigenvalue weighted by Crippen LogP contribution is -1.97. The fraction of sp³-hybridized carbons (Fsp3) is 0.0952. The number of fused-ring (bicyclic) bond motifs is 3. The number of rotatable bonds is 3. The van der Waals surface area contributed by atoms with Crippen molar-refractivity contribution in [3.63, 3.8) is 0 Å². The van der Waals surface area contributed by atoms with E-state index in [1.165, 1.54) is 71.3 Å². The minimum Gasteiger partial charge on any atom is -0.455 e. The molecule has 0 amide bonds. The van der Waals surface area contributed by atoms with Crippen LogP contribution in [0.4, 0.5) is 0 Å². The Kier molecular flexibility index (Phi) is 5.22. The van der Waals surface area contributed by atoms with Crippen molar-refractivity contribution < 1.29 is 4.42 Å². The fourth-order valence-corrected chi connectivity index (χ4v) is 7.51. The molecule has 1 aliphatic carbocycles. The summed E-state index contributed by atoms with van der Waals surface area (Å²) in [6.45, 7) is 4.51. The Bertz CT molecular complexity index is 2460. The summed E-state index contributed by atoms with van der Waals surface area (Å²) in [5, 5.41) is 10.2. The molecule has 0 bridgehead atoms. The summed E-state index contributed by atoms with van der Waals surface area (Å²) < 4.78 is 6.60. The molecule has 1 aliphatic rings. The molecule has 0 saturated carbocycles.